The fraction of sp³-hybridized carbons (Fsp3) is 0.458. The van der Waals surface area contributed by atoms with Crippen LogP contribution in [0.25, 0.3) is 0 Å². The molecule has 4 N–H and O–H groups in total. The molecule has 192 valence electrons. The Morgan fingerprint density at radius 3 is 2.06 bits per heavy atom. The van der Waals surface area contributed by atoms with Gasteiger partial charge in [-0.05, 0) is 40.3 Å². The van der Waals surface area contributed by atoms with E-state index in [-0.39, 0.29) is 24.8 Å². The van der Waals surface area contributed by atoms with Crippen molar-refractivity contribution in [1.29, 1.82) is 0 Å². The molecule has 0 aliphatic rings. The van der Waals surface area contributed by atoms with Crippen LogP contribution in [-0.4, -0.2) is 85.2 Å². The van der Waals surface area contributed by atoms with Crippen LogP contribution in [0.15, 0.2) is 43.0 Å². The summed E-state index contributed by atoms with van der Waals surface area (Å²) < 4.78 is 0. The Morgan fingerprint density at radius 1 is 1.18 bits per heavy atom. The molecule has 34 heavy (non-hydrogen) atoms. The smallest absolute Gasteiger partial charge is 0.290 e. The van der Waals surface area contributed by atoms with Crippen molar-refractivity contribution in [3.05, 3.63) is 48.6 Å². The number of aryl methyl sites for hydroxylation is 1. The molecule has 0 saturated carbocycles. The molecular formula is C24H40N4O6. The van der Waals surface area contributed by atoms with Gasteiger partial charge in [-0.2, -0.15) is 0 Å². The van der Waals surface area contributed by atoms with Gasteiger partial charge >= 0.3 is 0 Å². The van der Waals surface area contributed by atoms with Gasteiger partial charge in [-0.15, -0.1) is 0 Å². The van der Waals surface area contributed by atoms with E-state index in [1.165, 1.54) is 16.5 Å². The lowest BCUT2D eigenvalue weighted by Crippen LogP contribution is -2.38. The first-order valence-electron chi connectivity index (χ1n) is 10.8. The maximum atomic E-state index is 11.2. The van der Waals surface area contributed by atoms with E-state index < -0.39 is 0 Å². The van der Waals surface area contributed by atoms with Gasteiger partial charge in [0.15, 0.2) is 0 Å². The van der Waals surface area contributed by atoms with Gasteiger partial charge in [-0.1, -0.05) is 42.5 Å². The highest BCUT2D eigenvalue weighted by molar-refractivity contribution is 5.86. The predicted molar refractivity (Wildman–Crippen MR) is 133 cm³/mol. The number of carbonyl (C=O) groups excluding carboxylic acids is 4. The summed E-state index contributed by atoms with van der Waals surface area (Å²) in [6.45, 7) is 10.5. The first kappa shape index (κ1) is 35.1. The van der Waals surface area contributed by atoms with Crippen LogP contribution in [0.2, 0.25) is 0 Å². The normalized spacial score (nSPS) is 9.65. The number of nitrogens with one attached hydrogen (secondary N) is 1. The minimum atomic E-state index is -0.250. The number of carbonyl (C=O) groups is 5. The molecule has 0 aromatic heterocycles. The summed E-state index contributed by atoms with van der Waals surface area (Å²) in [5.41, 5.74) is 6.25. The molecule has 1 aromatic carbocycles. The highest BCUT2D eigenvalue weighted by Crippen LogP contribution is 1.94. The number of carboxylic acid groups (broad SMARTS) is 1. The summed E-state index contributed by atoms with van der Waals surface area (Å²) in [5, 5.41) is 9.90. The molecule has 0 spiro atoms. The summed E-state index contributed by atoms with van der Waals surface area (Å²) in [4.78, 5) is 53.3. The number of hydrogen-bond donors (Lipinski definition) is 3. The van der Waals surface area contributed by atoms with Gasteiger partial charge in [0.05, 0.1) is 6.54 Å². The van der Waals surface area contributed by atoms with Gasteiger partial charge in [0.1, 0.15) is 6.29 Å². The predicted octanol–water partition coefficient (Wildman–Crippen LogP) is 1.23. The summed E-state index contributed by atoms with van der Waals surface area (Å²) >= 11 is 0. The van der Waals surface area contributed by atoms with E-state index in [0.29, 0.717) is 44.8 Å². The molecule has 10 nitrogen and oxygen atoms in total. The fourth-order valence-corrected chi connectivity index (χ4v) is 2.12. The standard InChI is InChI=1S/C10H16N2O3.C7H8.C6H14N2O.CH2O2/c1-3-10(15)12(4-2)6-5-11(9-14)7-8-13;1-7-5-3-2-4-6-7;1-5(8-2)3-4-6(7)9;2-1-3/h3,8-9H,1,4-7H2,2H3;2-6H,1H3;5,8H,3-4H2,1-2H3,(H2,7,9);1H,(H,2,3). The molecule has 1 aromatic rings. The molecule has 1 rings (SSSR count). The van der Waals surface area contributed by atoms with Crippen LogP contribution in [0, 0.1) is 6.92 Å². The Hall–Kier alpha value is -3.53. The molecule has 1 atom stereocenters. The van der Waals surface area contributed by atoms with Crippen LogP contribution in [-0.2, 0) is 24.0 Å². The van der Waals surface area contributed by atoms with Crippen molar-refractivity contribution in [3.63, 3.8) is 0 Å². The monoisotopic (exact) mass is 480 g/mol. The van der Waals surface area contributed by atoms with Crippen LogP contribution in [0.1, 0.15) is 32.3 Å². The molecule has 1 unspecified atom stereocenters. The number of nitrogens with two attached hydrogens (primary N) is 1. The first-order valence-corrected chi connectivity index (χ1v) is 10.8. The number of aldehydes is 1. The van der Waals surface area contributed by atoms with Crippen molar-refractivity contribution >= 4 is 31.0 Å². The lowest BCUT2D eigenvalue weighted by molar-refractivity contribution is -0.127. The van der Waals surface area contributed by atoms with E-state index in [2.05, 4.69) is 31.0 Å². The Balaban J connectivity index is -0.000000428. The van der Waals surface area contributed by atoms with Gasteiger partial charge in [0.2, 0.25) is 18.2 Å². The van der Waals surface area contributed by atoms with Crippen molar-refractivity contribution in [1.82, 2.24) is 15.1 Å². The van der Waals surface area contributed by atoms with Crippen LogP contribution < -0.4 is 11.1 Å². The second kappa shape index (κ2) is 25.7. The van der Waals surface area contributed by atoms with E-state index in [1.54, 1.807) is 4.90 Å². The number of amides is 3. The zero-order chi connectivity index (χ0) is 26.8. The van der Waals surface area contributed by atoms with Crippen LogP contribution in [0.4, 0.5) is 0 Å². The molecule has 10 heteroatoms. The van der Waals surface area contributed by atoms with Gasteiger partial charge in [-0.25, -0.2) is 0 Å². The highest BCUT2D eigenvalue weighted by atomic mass is 16.3. The third kappa shape index (κ3) is 24.7. The number of rotatable bonds is 12. The van der Waals surface area contributed by atoms with E-state index in [9.17, 15) is 19.2 Å². The van der Waals surface area contributed by atoms with Crippen molar-refractivity contribution in [2.45, 2.75) is 39.7 Å². The second-order valence-electron chi connectivity index (χ2n) is 6.84. The van der Waals surface area contributed by atoms with Crippen molar-refractivity contribution in [2.24, 2.45) is 5.73 Å². The van der Waals surface area contributed by atoms with Gasteiger partial charge in [0.25, 0.3) is 6.47 Å². The molecule has 0 heterocycles. The lowest BCUT2D eigenvalue weighted by atomic mass is 10.2. The quantitative estimate of drug-likeness (QED) is 0.301. The maximum Gasteiger partial charge on any atom is 0.290 e. The van der Waals surface area contributed by atoms with Gasteiger partial charge < -0.3 is 30.8 Å². The third-order valence-corrected chi connectivity index (χ3v) is 4.24. The van der Waals surface area contributed by atoms with Crippen LogP contribution >= 0.6 is 0 Å². The zero-order valence-corrected chi connectivity index (χ0v) is 20.7. The molecule has 0 fully saturated rings. The average molecular weight is 481 g/mol. The van der Waals surface area contributed by atoms with Gasteiger partial charge in [0, 0.05) is 32.1 Å². The number of nitrogens with zero attached hydrogens (tertiary/aromatic N) is 2. The first-order chi connectivity index (χ1) is 16.2. The lowest BCUT2D eigenvalue weighted by Gasteiger charge is -2.22. The van der Waals surface area contributed by atoms with E-state index in [0.717, 1.165) is 6.42 Å². The van der Waals surface area contributed by atoms with Crippen molar-refractivity contribution < 1.29 is 29.1 Å². The van der Waals surface area contributed by atoms with Crippen LogP contribution in [0.5, 0.6) is 0 Å². The fourth-order valence-electron chi connectivity index (χ4n) is 2.12. The average Bonchev–Trinajstić information content (AvgIpc) is 2.83. The summed E-state index contributed by atoms with van der Waals surface area (Å²) in [5.74, 6) is -0.397. The number of hydrogen-bond acceptors (Lipinski definition) is 6. The largest absolute Gasteiger partial charge is 0.483 e. The molecular weight excluding hydrogens is 440 g/mol. The number of primary amides is 1. The summed E-state index contributed by atoms with van der Waals surface area (Å²) in [6, 6.07) is 10.6. The molecule has 0 aliphatic heterocycles. The Morgan fingerprint density at radius 2 is 1.74 bits per heavy atom. The maximum absolute atomic E-state index is 11.2. The molecule has 0 saturated heterocycles. The van der Waals surface area contributed by atoms with Gasteiger partial charge in [-0.3, -0.25) is 19.2 Å². The Kier molecular flexibility index (Phi) is 26.5. The van der Waals surface area contributed by atoms with Crippen molar-refractivity contribution in [2.75, 3.05) is 33.2 Å². The third-order valence-electron chi connectivity index (χ3n) is 4.24. The molecule has 0 radical (unpaired) electrons. The van der Waals surface area contributed by atoms with E-state index >= 15 is 0 Å². The number of benzene rings is 1. The SMILES string of the molecule is C=CC(=O)N(CC)CCN(C=O)CC=O.CNC(C)CCC(N)=O.Cc1ccccc1.O=CO. The number of likely N-dealkylation sites (N-methyl/N-ethyl adjacent to an activating group) is 1. The molecule has 0 bridgehead atoms. The van der Waals surface area contributed by atoms with Crippen molar-refractivity contribution in [3.8, 4) is 0 Å². The second-order valence-corrected chi connectivity index (χ2v) is 6.84. The molecule has 0 aliphatic carbocycles. The Labute approximate surface area is 202 Å². The Bertz CT molecular complexity index is 685. The van der Waals surface area contributed by atoms with E-state index in [4.69, 9.17) is 15.6 Å². The minimum Gasteiger partial charge on any atom is -0.483 e. The molecule has 3 amide bonds. The minimum absolute atomic E-state index is 0.0589. The van der Waals surface area contributed by atoms with E-state index in [1.807, 2.05) is 39.1 Å². The highest BCUT2D eigenvalue weighted by Gasteiger charge is 2.09. The topological polar surface area (TPSA) is 150 Å². The zero-order valence-electron chi connectivity index (χ0n) is 20.7. The summed E-state index contributed by atoms with van der Waals surface area (Å²) in [7, 11) is 1.87. The summed E-state index contributed by atoms with van der Waals surface area (Å²) in [6.07, 6.45) is 3.78. The van der Waals surface area contributed by atoms with Crippen LogP contribution in [0.3, 0.4) is 0 Å².